The van der Waals surface area contributed by atoms with Gasteiger partial charge in [-0.25, -0.2) is 4.57 Å². The van der Waals surface area contributed by atoms with E-state index in [1.54, 1.807) is 0 Å². The van der Waals surface area contributed by atoms with Crippen molar-refractivity contribution in [3.05, 3.63) is 0 Å². The molecular formula is C4H19N3Na5O4P. The van der Waals surface area contributed by atoms with Gasteiger partial charge in [0, 0.05) is 26.2 Å². The van der Waals surface area contributed by atoms with E-state index in [2.05, 4.69) is 15.4 Å². The minimum absolute atomic E-state index is 0. The summed E-state index contributed by atoms with van der Waals surface area (Å²) >= 11 is 0. The van der Waals surface area contributed by atoms with Gasteiger partial charge in [-0.2, -0.15) is 10.1 Å². The van der Waals surface area contributed by atoms with E-state index >= 15 is 0 Å². The fourth-order valence-electron chi connectivity index (χ4n) is 0.496. The van der Waals surface area contributed by atoms with Gasteiger partial charge in [0.1, 0.15) is 0 Å². The second-order valence-corrected chi connectivity index (χ2v) is 3.18. The summed E-state index contributed by atoms with van der Waals surface area (Å²) in [4.78, 5) is 16.4. The van der Waals surface area contributed by atoms with Crippen molar-refractivity contribution in [2.45, 2.75) is 0 Å². The van der Waals surface area contributed by atoms with Crippen LogP contribution < -0.4 is 164 Å². The molecule has 0 radical (unpaired) electrons. The van der Waals surface area contributed by atoms with Gasteiger partial charge in [0.25, 0.3) is 0 Å². The monoisotopic (exact) mass is 319 g/mol. The third-order valence-electron chi connectivity index (χ3n) is 0.908. The van der Waals surface area contributed by atoms with E-state index in [0.717, 1.165) is 0 Å². The minimum Gasteiger partial charge on any atom is -1.00 e. The van der Waals surface area contributed by atoms with Crippen molar-refractivity contribution in [3.63, 3.8) is 0 Å². The summed E-state index contributed by atoms with van der Waals surface area (Å²) in [6, 6.07) is 0. The molecule has 0 bridgehead atoms. The van der Waals surface area contributed by atoms with Gasteiger partial charge in [0.05, 0.1) is 0 Å². The Morgan fingerprint density at radius 1 is 1.06 bits per heavy atom. The second kappa shape index (κ2) is 25.9. The third-order valence-corrected chi connectivity index (χ3v) is 1.28. The first kappa shape index (κ1) is 37.9. The summed E-state index contributed by atoms with van der Waals surface area (Å²) in [7, 11) is -4.38. The zero-order chi connectivity index (χ0) is 9.45. The summed E-state index contributed by atoms with van der Waals surface area (Å²) in [5.41, 5.74) is 7.29. The Morgan fingerprint density at radius 3 is 1.88 bits per heavy atom. The maximum atomic E-state index is 10.1. The molecule has 0 unspecified atom stereocenters. The zero-order valence-corrected chi connectivity index (χ0v) is 22.5. The predicted molar refractivity (Wildman–Crippen MR) is 48.6 cm³/mol. The molecule has 0 heterocycles. The topological polar surface area (TPSA) is 117 Å². The van der Waals surface area contributed by atoms with Gasteiger partial charge in [0.2, 0.25) is 0 Å². The van der Waals surface area contributed by atoms with Gasteiger partial charge in [-0.15, -0.1) is 0 Å². The van der Waals surface area contributed by atoms with Crippen LogP contribution in [0.2, 0.25) is 0 Å². The summed E-state index contributed by atoms with van der Waals surface area (Å²) < 4.78 is 14.0. The smallest absolute Gasteiger partial charge is 1.00 e. The Kier molecular flexibility index (Phi) is 57.8. The first-order chi connectivity index (χ1) is 5.56. The Hall–Kier alpha value is 4.99. The van der Waals surface area contributed by atoms with E-state index in [1.807, 2.05) is 0 Å². The molecule has 0 saturated heterocycles. The average Bonchev–Trinajstić information content (AvgIpc) is 1.94. The van der Waals surface area contributed by atoms with E-state index < -0.39 is 7.82 Å². The molecule has 0 aromatic heterocycles. The number of hydroxylamine groups is 1. The zero-order valence-electron chi connectivity index (χ0n) is 16.6. The number of nitrogens with one attached hydrogen (secondary N) is 2. The molecule has 0 aliphatic heterocycles. The molecule has 13 heteroatoms. The molecule has 17 heavy (non-hydrogen) atoms. The Bertz CT molecular complexity index is 181. The van der Waals surface area contributed by atoms with Crippen LogP contribution in [0.5, 0.6) is 0 Å². The maximum absolute atomic E-state index is 10.1. The van der Waals surface area contributed by atoms with Crippen LogP contribution in [-0.4, -0.2) is 36.0 Å². The Balaban J connectivity index is -0.0000000134. The molecule has 6 N–H and O–H groups in total. The SMILES string of the molecule is NCCNCCNOP(=O)(O)O.[H-].[H-].[H-].[H-].[H-].[Na+].[Na+].[Na+].[Na+].[Na+]. The maximum Gasteiger partial charge on any atom is 1.00 e. The third kappa shape index (κ3) is 38.7. The molecule has 0 atom stereocenters. The van der Waals surface area contributed by atoms with Crippen molar-refractivity contribution in [2.24, 2.45) is 5.73 Å². The molecule has 0 rings (SSSR count). The fraction of sp³-hybridized carbons (Fsp3) is 1.00. The van der Waals surface area contributed by atoms with Crippen molar-refractivity contribution in [2.75, 3.05) is 26.2 Å². The minimum atomic E-state index is -4.38. The van der Waals surface area contributed by atoms with Gasteiger partial charge in [-0.1, -0.05) is 0 Å². The van der Waals surface area contributed by atoms with E-state index in [-0.39, 0.29) is 155 Å². The van der Waals surface area contributed by atoms with Crippen molar-refractivity contribution < 1.29 is 174 Å². The summed E-state index contributed by atoms with van der Waals surface area (Å²) in [5.74, 6) is 0. The van der Waals surface area contributed by atoms with Gasteiger partial charge in [-0.05, 0) is 0 Å². The van der Waals surface area contributed by atoms with Crippen LogP contribution in [-0.2, 0) is 9.19 Å². The number of phosphoric acid groups is 1. The van der Waals surface area contributed by atoms with E-state index in [4.69, 9.17) is 15.5 Å². The van der Waals surface area contributed by atoms with Gasteiger partial charge >= 0.3 is 156 Å². The predicted octanol–water partition coefficient (Wildman–Crippen LogP) is -16.3. The van der Waals surface area contributed by atoms with E-state index in [0.29, 0.717) is 26.2 Å². The standard InChI is InChI=1S/C4H14N3O4P.5Na.5H/c5-1-2-6-3-4-7-11-12(8,9)10;;;;;;;;;;/h6-7H,1-5H2,(H2,8,9,10);;;;;;;;;;/q;5*+1;5*-1. The molecule has 0 aromatic carbocycles. The van der Waals surface area contributed by atoms with Crippen molar-refractivity contribution in [1.29, 1.82) is 0 Å². The van der Waals surface area contributed by atoms with Crippen molar-refractivity contribution >= 4 is 7.82 Å². The van der Waals surface area contributed by atoms with Crippen LogP contribution in [0.1, 0.15) is 7.13 Å². The summed E-state index contributed by atoms with van der Waals surface area (Å²) in [6.07, 6.45) is 0. The van der Waals surface area contributed by atoms with Crippen molar-refractivity contribution in [3.8, 4) is 0 Å². The molecular weight excluding hydrogens is 300 g/mol. The first-order valence-electron chi connectivity index (χ1n) is 3.44. The van der Waals surface area contributed by atoms with Crippen molar-refractivity contribution in [1.82, 2.24) is 10.8 Å². The largest absolute Gasteiger partial charge is 1.00 e. The van der Waals surface area contributed by atoms with Crippen LogP contribution in [0.15, 0.2) is 0 Å². The van der Waals surface area contributed by atoms with Crippen LogP contribution in [0.3, 0.4) is 0 Å². The fourth-order valence-corrected chi connectivity index (χ4v) is 0.756. The molecule has 84 valence electrons. The second-order valence-electron chi connectivity index (χ2n) is 2.01. The van der Waals surface area contributed by atoms with Crippen LogP contribution in [0.25, 0.3) is 0 Å². The van der Waals surface area contributed by atoms with Gasteiger partial charge in [-0.3, -0.25) is 0 Å². The quantitative estimate of drug-likeness (QED) is 0.137. The number of nitrogens with two attached hydrogens (primary N) is 1. The molecule has 7 nitrogen and oxygen atoms in total. The van der Waals surface area contributed by atoms with E-state index in [9.17, 15) is 4.57 Å². The van der Waals surface area contributed by atoms with Gasteiger partial charge < -0.3 is 28.0 Å². The molecule has 0 aliphatic carbocycles. The summed E-state index contributed by atoms with van der Waals surface area (Å²) in [6.45, 7) is 2.04. The first-order valence-corrected chi connectivity index (χ1v) is 4.97. The molecule has 0 aromatic rings. The molecule has 0 saturated carbocycles. The number of hydrogen-bond acceptors (Lipinski definition) is 5. The number of hydrogen-bond donors (Lipinski definition) is 5. The average molecular weight is 319 g/mol. The van der Waals surface area contributed by atoms with E-state index in [1.165, 1.54) is 0 Å². The Labute approximate surface area is 220 Å². The normalized spacial score (nSPS) is 8.41. The van der Waals surface area contributed by atoms with Crippen LogP contribution >= 0.6 is 7.82 Å². The number of rotatable bonds is 7. The molecule has 0 amide bonds. The molecule has 0 aliphatic rings. The Morgan fingerprint density at radius 2 is 1.53 bits per heavy atom. The summed E-state index contributed by atoms with van der Waals surface area (Å²) in [5, 5.41) is 2.90. The van der Waals surface area contributed by atoms with Crippen LogP contribution in [0, 0.1) is 0 Å². The van der Waals surface area contributed by atoms with Gasteiger partial charge in [0.15, 0.2) is 0 Å². The molecule has 0 fully saturated rings. The van der Waals surface area contributed by atoms with Crippen LogP contribution in [0.4, 0.5) is 0 Å². The molecule has 0 spiro atoms.